The summed E-state index contributed by atoms with van der Waals surface area (Å²) < 4.78 is 14.6. The van der Waals surface area contributed by atoms with Gasteiger partial charge < -0.3 is 25.7 Å². The molecule has 0 bridgehead atoms. The second kappa shape index (κ2) is 12.3. The first-order valence-electron chi connectivity index (χ1n) is 13.8. The van der Waals surface area contributed by atoms with Gasteiger partial charge in [-0.1, -0.05) is 42.5 Å². The van der Waals surface area contributed by atoms with Crippen LogP contribution in [-0.4, -0.2) is 81.4 Å². The lowest BCUT2D eigenvalue weighted by molar-refractivity contribution is -0.142. The molecule has 2 unspecified atom stereocenters. The maximum Gasteiger partial charge on any atom is 0.405 e. The largest absolute Gasteiger partial charge is 0.465 e. The quantitative estimate of drug-likeness (QED) is 0.337. The standard InChI is InChI=1S/C30H36FN5O6/c1-29(2,33-28(41)42)26(39)32-23(12-10-21-15-20(17-37)9-11-22(21)31)25(38)36-14-13-24-30(18-36,27(40)35(3)34-24)16-19-7-5-4-6-8-19/h4-9,11,15,23,33,37H,10,12-14,16-18H2,1-3H3,(H,32,39)(H,41,42). The van der Waals surface area contributed by atoms with Gasteiger partial charge in [-0.25, -0.2) is 14.2 Å². The topological polar surface area (TPSA) is 152 Å². The third-order valence-corrected chi connectivity index (χ3v) is 7.85. The van der Waals surface area contributed by atoms with E-state index in [1.165, 1.54) is 42.0 Å². The zero-order valence-corrected chi connectivity index (χ0v) is 23.9. The molecule has 1 fully saturated rings. The van der Waals surface area contributed by atoms with Crippen LogP contribution in [0.2, 0.25) is 0 Å². The first-order chi connectivity index (χ1) is 19.9. The van der Waals surface area contributed by atoms with Crippen molar-refractivity contribution >= 4 is 29.5 Å². The number of fused-ring (bicyclic) bond motifs is 1. The summed E-state index contributed by atoms with van der Waals surface area (Å²) in [6.45, 7) is 2.75. The van der Waals surface area contributed by atoms with E-state index in [-0.39, 0.29) is 44.0 Å². The third-order valence-electron chi connectivity index (χ3n) is 7.85. The molecule has 0 aromatic heterocycles. The molecule has 4 rings (SSSR count). The van der Waals surface area contributed by atoms with Gasteiger partial charge in [0.05, 0.1) is 12.3 Å². The maximum atomic E-state index is 14.6. The fourth-order valence-corrected chi connectivity index (χ4v) is 5.57. The van der Waals surface area contributed by atoms with Crippen LogP contribution in [-0.2, 0) is 33.8 Å². The molecular weight excluding hydrogens is 545 g/mol. The van der Waals surface area contributed by atoms with Crippen LogP contribution in [0.3, 0.4) is 0 Å². The Hall–Kier alpha value is -4.32. The first-order valence-corrected chi connectivity index (χ1v) is 13.8. The molecule has 0 radical (unpaired) electrons. The number of aryl methyl sites for hydroxylation is 1. The number of aliphatic hydroxyl groups excluding tert-OH is 1. The van der Waals surface area contributed by atoms with E-state index in [1.54, 1.807) is 7.05 Å². The van der Waals surface area contributed by atoms with E-state index in [1.807, 2.05) is 30.3 Å². The molecular formula is C30H36FN5O6. The van der Waals surface area contributed by atoms with Crippen molar-refractivity contribution in [2.45, 2.75) is 57.7 Å². The van der Waals surface area contributed by atoms with Crippen molar-refractivity contribution in [3.05, 3.63) is 71.0 Å². The van der Waals surface area contributed by atoms with Crippen LogP contribution in [0.15, 0.2) is 53.6 Å². The summed E-state index contributed by atoms with van der Waals surface area (Å²) in [5.74, 6) is -1.95. The SMILES string of the molecule is CN1N=C2CCN(C(=O)C(CCc3cc(CO)ccc3F)NC(=O)C(C)(C)NC(=O)O)CC2(Cc2ccccc2)C1=O. The number of hydrogen-bond acceptors (Lipinski definition) is 6. The zero-order valence-electron chi connectivity index (χ0n) is 23.9. The maximum absolute atomic E-state index is 14.6. The van der Waals surface area contributed by atoms with Gasteiger partial charge in [0.2, 0.25) is 11.8 Å². The summed E-state index contributed by atoms with van der Waals surface area (Å²) in [5, 5.41) is 29.3. The molecule has 11 nitrogen and oxygen atoms in total. The number of carbonyl (C=O) groups excluding carboxylic acids is 3. The molecule has 4 amide bonds. The van der Waals surface area contributed by atoms with E-state index in [0.717, 1.165) is 5.56 Å². The van der Waals surface area contributed by atoms with Crippen molar-refractivity contribution in [1.82, 2.24) is 20.5 Å². The van der Waals surface area contributed by atoms with Gasteiger partial charge in [0.15, 0.2) is 0 Å². The van der Waals surface area contributed by atoms with Gasteiger partial charge in [0.1, 0.15) is 22.8 Å². The van der Waals surface area contributed by atoms with E-state index in [0.29, 0.717) is 24.1 Å². The molecule has 2 atom stereocenters. The first kappa shape index (κ1) is 30.6. The van der Waals surface area contributed by atoms with Crippen molar-refractivity contribution in [2.75, 3.05) is 20.1 Å². The van der Waals surface area contributed by atoms with Crippen LogP contribution in [0.1, 0.15) is 43.4 Å². The van der Waals surface area contributed by atoms with Crippen molar-refractivity contribution in [3.8, 4) is 0 Å². The number of carboxylic acid groups (broad SMARTS) is 1. The van der Waals surface area contributed by atoms with Gasteiger partial charge in [0, 0.05) is 26.6 Å². The molecule has 224 valence electrons. The second-order valence-corrected chi connectivity index (χ2v) is 11.3. The van der Waals surface area contributed by atoms with Crippen LogP contribution >= 0.6 is 0 Å². The molecule has 2 aliphatic rings. The normalized spacial score (nSPS) is 19.2. The number of likely N-dealkylation sites (tertiary alicyclic amines) is 1. The predicted octanol–water partition coefficient (Wildman–Crippen LogP) is 2.07. The number of carbonyl (C=O) groups is 4. The Balaban J connectivity index is 1.62. The Labute approximate surface area is 243 Å². The number of nitrogens with zero attached hydrogens (tertiary/aromatic N) is 3. The lowest BCUT2D eigenvalue weighted by Crippen LogP contribution is -2.61. The summed E-state index contributed by atoms with van der Waals surface area (Å²) in [5.41, 5.74) is -0.263. The molecule has 4 N–H and O–H groups in total. The van der Waals surface area contributed by atoms with Gasteiger partial charge in [-0.15, -0.1) is 0 Å². The van der Waals surface area contributed by atoms with E-state index in [4.69, 9.17) is 0 Å². The fraction of sp³-hybridized carbons (Fsp3) is 0.433. The molecule has 0 saturated carbocycles. The van der Waals surface area contributed by atoms with Gasteiger partial charge >= 0.3 is 6.09 Å². The van der Waals surface area contributed by atoms with Gasteiger partial charge in [0.25, 0.3) is 5.91 Å². The highest BCUT2D eigenvalue weighted by Gasteiger charge is 2.54. The summed E-state index contributed by atoms with van der Waals surface area (Å²) in [7, 11) is 1.59. The summed E-state index contributed by atoms with van der Waals surface area (Å²) in [4.78, 5) is 53.5. The van der Waals surface area contributed by atoms with E-state index < -0.39 is 40.7 Å². The lowest BCUT2D eigenvalue weighted by atomic mass is 9.73. The van der Waals surface area contributed by atoms with Crippen molar-refractivity contribution in [2.24, 2.45) is 10.5 Å². The number of rotatable bonds is 10. The Bertz CT molecular complexity index is 1400. The number of nitrogens with one attached hydrogen (secondary N) is 2. The number of benzene rings is 2. The number of hydrogen-bond donors (Lipinski definition) is 4. The smallest absolute Gasteiger partial charge is 0.405 e. The van der Waals surface area contributed by atoms with Gasteiger partial charge in [-0.05, 0) is 55.9 Å². The van der Waals surface area contributed by atoms with Crippen LogP contribution < -0.4 is 10.6 Å². The molecule has 2 aromatic rings. The van der Waals surface area contributed by atoms with Crippen LogP contribution in [0.25, 0.3) is 0 Å². The van der Waals surface area contributed by atoms with Crippen LogP contribution in [0.5, 0.6) is 0 Å². The highest BCUT2D eigenvalue weighted by Crippen LogP contribution is 2.38. The van der Waals surface area contributed by atoms with Crippen LogP contribution in [0.4, 0.5) is 9.18 Å². The summed E-state index contributed by atoms with van der Waals surface area (Å²) in [6, 6.07) is 12.5. The number of aliphatic hydroxyl groups is 1. The minimum atomic E-state index is -1.56. The Morgan fingerprint density at radius 2 is 1.86 bits per heavy atom. The number of amides is 4. The number of piperidine rings is 1. The molecule has 0 aliphatic carbocycles. The zero-order chi connectivity index (χ0) is 30.7. The Morgan fingerprint density at radius 3 is 2.52 bits per heavy atom. The van der Waals surface area contributed by atoms with Crippen molar-refractivity contribution in [3.63, 3.8) is 0 Å². The number of halogens is 1. The summed E-state index contributed by atoms with van der Waals surface area (Å²) in [6.07, 6.45) is -0.660. The summed E-state index contributed by atoms with van der Waals surface area (Å²) >= 11 is 0. The lowest BCUT2D eigenvalue weighted by Gasteiger charge is -2.41. The third kappa shape index (κ3) is 6.43. The molecule has 0 spiro atoms. The minimum absolute atomic E-state index is 0.00346. The Morgan fingerprint density at radius 1 is 1.14 bits per heavy atom. The monoisotopic (exact) mass is 581 g/mol. The highest BCUT2D eigenvalue weighted by molar-refractivity contribution is 6.13. The fourth-order valence-electron chi connectivity index (χ4n) is 5.57. The van der Waals surface area contributed by atoms with Crippen molar-refractivity contribution in [1.29, 1.82) is 0 Å². The minimum Gasteiger partial charge on any atom is -0.465 e. The molecule has 2 aliphatic heterocycles. The molecule has 2 aromatic carbocycles. The van der Waals surface area contributed by atoms with E-state index in [9.17, 15) is 33.8 Å². The molecule has 42 heavy (non-hydrogen) atoms. The predicted molar refractivity (Wildman–Crippen MR) is 152 cm³/mol. The second-order valence-electron chi connectivity index (χ2n) is 11.3. The van der Waals surface area contributed by atoms with Gasteiger partial charge in [-0.2, -0.15) is 5.10 Å². The van der Waals surface area contributed by atoms with Gasteiger partial charge in [-0.3, -0.25) is 14.4 Å². The van der Waals surface area contributed by atoms with E-state index in [2.05, 4.69) is 15.7 Å². The highest BCUT2D eigenvalue weighted by atomic mass is 19.1. The molecule has 2 heterocycles. The molecule has 1 saturated heterocycles. The van der Waals surface area contributed by atoms with Crippen molar-refractivity contribution < 1.29 is 33.8 Å². The average Bonchev–Trinajstić information content (AvgIpc) is 3.19. The molecule has 12 heteroatoms. The average molecular weight is 582 g/mol. The van der Waals surface area contributed by atoms with E-state index >= 15 is 0 Å². The Kier molecular flexibility index (Phi) is 8.95. The number of hydrazone groups is 1. The van der Waals surface area contributed by atoms with Crippen LogP contribution in [0, 0.1) is 11.2 Å².